The van der Waals surface area contributed by atoms with Crippen LogP contribution in [-0.2, 0) is 14.3 Å². The summed E-state index contributed by atoms with van der Waals surface area (Å²) in [4.78, 5) is 26.7. The predicted molar refractivity (Wildman–Crippen MR) is 95.0 cm³/mol. The summed E-state index contributed by atoms with van der Waals surface area (Å²) in [5.41, 5.74) is 0.0551. The van der Waals surface area contributed by atoms with Crippen LogP contribution in [0.1, 0.15) is 32.1 Å². The van der Waals surface area contributed by atoms with Gasteiger partial charge in [0.05, 0.1) is 19.8 Å². The van der Waals surface area contributed by atoms with Gasteiger partial charge in [-0.1, -0.05) is 12.8 Å². The van der Waals surface area contributed by atoms with E-state index in [1.54, 1.807) is 0 Å². The number of carbonyl (C=O) groups excluding carboxylic acids is 2. The van der Waals surface area contributed by atoms with Crippen molar-refractivity contribution in [2.75, 3.05) is 50.9 Å². The second-order valence-electron chi connectivity index (χ2n) is 7.10. The molecule has 0 spiro atoms. The number of nitrogens with one attached hydrogen (secondary N) is 2. The summed E-state index contributed by atoms with van der Waals surface area (Å²) in [6.45, 7) is 4.19. The van der Waals surface area contributed by atoms with Crippen molar-refractivity contribution in [3.8, 4) is 0 Å². The highest BCUT2D eigenvalue weighted by Crippen LogP contribution is 2.33. The summed E-state index contributed by atoms with van der Waals surface area (Å²) < 4.78 is 5.46. The Morgan fingerprint density at radius 1 is 1.17 bits per heavy atom. The zero-order valence-electron chi connectivity index (χ0n) is 14.3. The van der Waals surface area contributed by atoms with Crippen LogP contribution in [0.5, 0.6) is 0 Å². The Hall–Kier alpha value is -0.790. The van der Waals surface area contributed by atoms with E-state index >= 15 is 0 Å². The molecule has 2 aliphatic heterocycles. The van der Waals surface area contributed by atoms with Crippen LogP contribution in [0.3, 0.4) is 0 Å². The highest BCUT2D eigenvalue weighted by molar-refractivity contribution is 7.99. The van der Waals surface area contributed by atoms with Gasteiger partial charge in [0.1, 0.15) is 0 Å². The van der Waals surface area contributed by atoms with E-state index in [4.69, 9.17) is 4.74 Å². The summed E-state index contributed by atoms with van der Waals surface area (Å²) in [7, 11) is 0. The van der Waals surface area contributed by atoms with Crippen molar-refractivity contribution < 1.29 is 14.3 Å². The normalized spacial score (nSPS) is 28.8. The Balaban J connectivity index is 1.44. The Morgan fingerprint density at radius 3 is 2.58 bits per heavy atom. The molecule has 3 rings (SSSR count). The smallest absolute Gasteiger partial charge is 0.239 e. The third-order valence-corrected chi connectivity index (χ3v) is 6.76. The molecule has 0 radical (unpaired) electrons. The highest BCUT2D eigenvalue weighted by atomic mass is 32.2. The molecule has 24 heavy (non-hydrogen) atoms. The first-order valence-corrected chi connectivity index (χ1v) is 10.3. The minimum Gasteiger partial charge on any atom is -0.379 e. The van der Waals surface area contributed by atoms with Crippen molar-refractivity contribution in [1.29, 1.82) is 0 Å². The fourth-order valence-corrected chi connectivity index (χ4v) is 5.44. The van der Waals surface area contributed by atoms with Crippen LogP contribution in [-0.4, -0.2) is 73.2 Å². The molecular weight excluding hydrogens is 326 g/mol. The third-order valence-electron chi connectivity index (χ3n) is 5.53. The van der Waals surface area contributed by atoms with Crippen molar-refractivity contribution >= 4 is 23.6 Å². The van der Waals surface area contributed by atoms with Crippen LogP contribution in [0.15, 0.2) is 0 Å². The van der Waals surface area contributed by atoms with Gasteiger partial charge in [-0.25, -0.2) is 0 Å². The zero-order valence-corrected chi connectivity index (χ0v) is 15.2. The largest absolute Gasteiger partial charge is 0.379 e. The van der Waals surface area contributed by atoms with Gasteiger partial charge in [0.15, 0.2) is 0 Å². The molecule has 2 saturated heterocycles. The number of ether oxygens (including phenoxy) is 1. The molecule has 2 amide bonds. The van der Waals surface area contributed by atoms with Crippen LogP contribution in [0, 0.1) is 5.92 Å². The quantitative estimate of drug-likeness (QED) is 0.731. The lowest BCUT2D eigenvalue weighted by atomic mass is 9.95. The number of nitrogens with zero attached hydrogens (tertiary/aromatic N) is 1. The van der Waals surface area contributed by atoms with Crippen LogP contribution in [0.4, 0.5) is 0 Å². The Morgan fingerprint density at radius 2 is 1.92 bits per heavy atom. The van der Waals surface area contributed by atoms with Gasteiger partial charge in [-0.15, -0.1) is 0 Å². The number of hydrogen-bond donors (Lipinski definition) is 2. The zero-order chi connectivity index (χ0) is 16.8. The second kappa shape index (κ2) is 8.54. The van der Waals surface area contributed by atoms with E-state index in [9.17, 15) is 9.59 Å². The Labute approximate surface area is 148 Å². The van der Waals surface area contributed by atoms with E-state index in [0.717, 1.165) is 69.9 Å². The second-order valence-corrected chi connectivity index (χ2v) is 8.21. The van der Waals surface area contributed by atoms with Gasteiger partial charge in [-0.3, -0.25) is 14.5 Å². The number of carbonyl (C=O) groups is 2. The van der Waals surface area contributed by atoms with Gasteiger partial charge in [0, 0.05) is 36.8 Å². The van der Waals surface area contributed by atoms with Crippen LogP contribution in [0.2, 0.25) is 0 Å². The Kier molecular flexibility index (Phi) is 6.41. The van der Waals surface area contributed by atoms with Gasteiger partial charge in [-0.2, -0.15) is 11.8 Å². The van der Waals surface area contributed by atoms with Crippen molar-refractivity contribution in [3.05, 3.63) is 0 Å². The molecule has 2 heterocycles. The summed E-state index contributed by atoms with van der Waals surface area (Å²) in [5.74, 6) is 2.28. The molecule has 136 valence electrons. The minimum atomic E-state index is -0.0779. The van der Waals surface area contributed by atoms with Gasteiger partial charge < -0.3 is 15.4 Å². The first kappa shape index (κ1) is 18.0. The average molecular weight is 356 g/mol. The fourth-order valence-electron chi connectivity index (χ4n) is 3.96. The molecule has 2 N–H and O–H groups in total. The standard InChI is InChI=1S/C17H29N3O3S/c21-15(11-18-16(22)14-3-1-2-4-14)19-12-17(5-10-24-13-17)20-6-8-23-9-7-20/h14H,1-13H2,(H,18,22)(H,19,21). The summed E-state index contributed by atoms with van der Waals surface area (Å²) in [6.07, 6.45) is 5.29. The topological polar surface area (TPSA) is 70.7 Å². The maximum absolute atomic E-state index is 12.2. The van der Waals surface area contributed by atoms with Crippen molar-refractivity contribution in [2.45, 2.75) is 37.6 Å². The fraction of sp³-hybridized carbons (Fsp3) is 0.882. The van der Waals surface area contributed by atoms with Gasteiger partial charge in [0.25, 0.3) is 0 Å². The van der Waals surface area contributed by atoms with Gasteiger partial charge in [-0.05, 0) is 25.0 Å². The Bertz CT molecular complexity index is 442. The molecule has 0 aromatic heterocycles. The van der Waals surface area contributed by atoms with Gasteiger partial charge >= 0.3 is 0 Å². The maximum atomic E-state index is 12.2. The first-order valence-electron chi connectivity index (χ1n) is 9.15. The molecule has 7 heteroatoms. The van der Waals surface area contributed by atoms with Crippen molar-refractivity contribution in [2.24, 2.45) is 5.92 Å². The molecule has 1 saturated carbocycles. The highest BCUT2D eigenvalue weighted by Gasteiger charge is 2.40. The van der Waals surface area contributed by atoms with E-state index in [1.807, 2.05) is 11.8 Å². The maximum Gasteiger partial charge on any atom is 0.239 e. The summed E-state index contributed by atoms with van der Waals surface area (Å²) >= 11 is 1.96. The average Bonchev–Trinajstić information content (AvgIpc) is 3.31. The molecule has 1 atom stereocenters. The summed E-state index contributed by atoms with van der Waals surface area (Å²) in [5, 5.41) is 5.86. The van der Waals surface area contributed by atoms with E-state index in [-0.39, 0.29) is 29.8 Å². The number of hydrogen-bond acceptors (Lipinski definition) is 5. The molecule has 0 aromatic carbocycles. The lowest BCUT2D eigenvalue weighted by Crippen LogP contribution is -2.59. The molecule has 3 fully saturated rings. The molecular formula is C17H29N3O3S. The number of morpholine rings is 1. The molecule has 0 bridgehead atoms. The minimum absolute atomic E-state index is 0.0435. The predicted octanol–water partition coefficient (Wildman–Crippen LogP) is 0.617. The number of amides is 2. The monoisotopic (exact) mass is 355 g/mol. The van der Waals surface area contributed by atoms with E-state index < -0.39 is 0 Å². The molecule has 6 nitrogen and oxygen atoms in total. The van der Waals surface area contributed by atoms with Crippen molar-refractivity contribution in [1.82, 2.24) is 15.5 Å². The van der Waals surface area contributed by atoms with E-state index in [0.29, 0.717) is 6.54 Å². The third kappa shape index (κ3) is 4.43. The van der Waals surface area contributed by atoms with Gasteiger partial charge in [0.2, 0.25) is 11.8 Å². The SMILES string of the molecule is O=C(CNC(=O)C1CCCC1)NCC1(N2CCOCC2)CCSC1. The molecule has 0 aromatic rings. The lowest BCUT2D eigenvalue weighted by molar-refractivity contribution is -0.128. The van der Waals surface area contributed by atoms with Crippen molar-refractivity contribution in [3.63, 3.8) is 0 Å². The van der Waals surface area contributed by atoms with E-state index in [1.165, 1.54) is 0 Å². The van der Waals surface area contributed by atoms with Crippen LogP contribution in [0.25, 0.3) is 0 Å². The number of rotatable bonds is 6. The molecule has 1 unspecified atom stereocenters. The lowest BCUT2D eigenvalue weighted by Gasteiger charge is -2.43. The molecule has 3 aliphatic rings. The molecule has 1 aliphatic carbocycles. The van der Waals surface area contributed by atoms with Crippen LogP contribution < -0.4 is 10.6 Å². The summed E-state index contributed by atoms with van der Waals surface area (Å²) in [6, 6.07) is 0. The van der Waals surface area contributed by atoms with E-state index in [2.05, 4.69) is 15.5 Å². The van der Waals surface area contributed by atoms with Crippen LogP contribution >= 0.6 is 11.8 Å². The number of thioether (sulfide) groups is 1. The first-order chi connectivity index (χ1) is 11.7.